The Morgan fingerprint density at radius 1 is 0.338 bits per heavy atom. The van der Waals surface area contributed by atoms with E-state index in [9.17, 15) is 19.8 Å². The van der Waals surface area contributed by atoms with E-state index in [0.717, 1.165) is 38.5 Å². The number of amides is 1. The normalized spacial score (nSPS) is 12.6. The minimum atomic E-state index is -0.840. The monoisotopic (exact) mass is 1130 g/mol. The number of nitrogens with one attached hydrogen (secondary N) is 1. The molecule has 0 fully saturated rings. The molecule has 0 aromatic heterocycles. The highest BCUT2D eigenvalue weighted by molar-refractivity contribution is 5.76. The van der Waals surface area contributed by atoms with E-state index in [1.165, 1.54) is 347 Å². The minimum absolute atomic E-state index is 0.0212. The Hall–Kier alpha value is -1.66. The minimum Gasteiger partial charge on any atom is -0.466 e. The number of esters is 1. The van der Waals surface area contributed by atoms with Gasteiger partial charge in [0, 0.05) is 12.8 Å². The second-order valence-electron chi connectivity index (χ2n) is 25.3. The summed E-state index contributed by atoms with van der Waals surface area (Å²) in [6.07, 6.45) is 88.5. The quantitative estimate of drug-likeness (QED) is 0.0320. The van der Waals surface area contributed by atoms with Crippen LogP contribution in [0.1, 0.15) is 412 Å². The first-order valence-corrected chi connectivity index (χ1v) is 36.6. The van der Waals surface area contributed by atoms with Gasteiger partial charge in [0.25, 0.3) is 0 Å². The highest BCUT2D eigenvalue weighted by Gasteiger charge is 2.18. The average Bonchev–Trinajstić information content (AvgIpc) is 3.46. The zero-order valence-corrected chi connectivity index (χ0v) is 54.3. The predicted octanol–water partition coefficient (Wildman–Crippen LogP) is 23.7. The number of aliphatic hydroxyl groups excluding tert-OH is 2. The molecule has 0 saturated carbocycles. The third kappa shape index (κ3) is 65.5. The SMILES string of the molecule is CCCCCCCC/C=C\CCCCCCCCCCCC(=O)OCCCCCCCCCCCCCCCCCCCCCCCCCCCCCCCCCCC(=O)NC(CO)C(O)/C=C/CCCCCCCCCCCC. The fourth-order valence-electron chi connectivity index (χ4n) is 11.6. The molecule has 0 aromatic rings. The third-order valence-corrected chi connectivity index (χ3v) is 17.2. The van der Waals surface area contributed by atoms with Crippen LogP contribution in [0.2, 0.25) is 0 Å². The molecule has 0 spiro atoms. The standard InChI is InChI=1S/C74H143NO5/c1-3-5-7-9-11-13-15-17-18-19-34-38-41-44-48-52-56-60-64-68-74(79)80-69-65-61-57-53-49-45-42-39-36-33-31-29-27-25-23-21-20-22-24-26-28-30-32-35-37-40-43-47-51-55-59-63-67-73(78)75-71(70-76)72(77)66-62-58-54-50-46-16-14-12-10-8-6-4-2/h17-18,62,66,71-72,76-77H,3-16,19-61,63-65,67-70H2,1-2H3,(H,75,78)/b18-17-,66-62+. The lowest BCUT2D eigenvalue weighted by Crippen LogP contribution is -2.45. The van der Waals surface area contributed by atoms with Crippen LogP contribution in [-0.4, -0.2) is 47.4 Å². The van der Waals surface area contributed by atoms with Gasteiger partial charge in [0.15, 0.2) is 0 Å². The van der Waals surface area contributed by atoms with Crippen molar-refractivity contribution in [1.82, 2.24) is 5.32 Å². The van der Waals surface area contributed by atoms with Crippen LogP contribution in [0.5, 0.6) is 0 Å². The number of allylic oxidation sites excluding steroid dienone is 3. The summed E-state index contributed by atoms with van der Waals surface area (Å²) >= 11 is 0. The Labute approximate surface area is 501 Å². The Morgan fingerprint density at radius 2 is 0.588 bits per heavy atom. The molecule has 1 amide bonds. The van der Waals surface area contributed by atoms with Crippen LogP contribution in [0.15, 0.2) is 24.3 Å². The number of ether oxygens (including phenoxy) is 1. The van der Waals surface area contributed by atoms with Gasteiger partial charge in [-0.3, -0.25) is 9.59 Å². The number of unbranched alkanes of at least 4 members (excludes halogenated alkanes) is 56. The fraction of sp³-hybridized carbons (Fsp3) is 0.919. The molecule has 0 aliphatic carbocycles. The van der Waals surface area contributed by atoms with Gasteiger partial charge in [0.1, 0.15) is 0 Å². The van der Waals surface area contributed by atoms with Crippen molar-refractivity contribution in [3.63, 3.8) is 0 Å². The fourth-order valence-corrected chi connectivity index (χ4v) is 11.6. The molecule has 0 aliphatic heterocycles. The van der Waals surface area contributed by atoms with E-state index in [0.29, 0.717) is 19.4 Å². The van der Waals surface area contributed by atoms with Crippen molar-refractivity contribution in [1.29, 1.82) is 0 Å². The lowest BCUT2D eigenvalue weighted by atomic mass is 10.0. The van der Waals surface area contributed by atoms with E-state index in [-0.39, 0.29) is 18.5 Å². The summed E-state index contributed by atoms with van der Waals surface area (Å²) < 4.78 is 5.52. The largest absolute Gasteiger partial charge is 0.466 e. The van der Waals surface area contributed by atoms with Crippen molar-refractivity contribution in [2.75, 3.05) is 13.2 Å². The molecular formula is C74H143NO5. The second kappa shape index (κ2) is 69.8. The molecule has 3 N–H and O–H groups in total. The van der Waals surface area contributed by atoms with Gasteiger partial charge in [-0.05, 0) is 57.8 Å². The first kappa shape index (κ1) is 78.3. The van der Waals surface area contributed by atoms with Gasteiger partial charge >= 0.3 is 5.97 Å². The Bertz CT molecular complexity index is 1250. The molecule has 0 heterocycles. The van der Waals surface area contributed by atoms with Crippen LogP contribution in [0.25, 0.3) is 0 Å². The number of hydrogen-bond acceptors (Lipinski definition) is 5. The van der Waals surface area contributed by atoms with Crippen LogP contribution in [0, 0.1) is 0 Å². The Balaban J connectivity index is 3.30. The highest BCUT2D eigenvalue weighted by Crippen LogP contribution is 2.19. The molecule has 0 saturated heterocycles. The maximum Gasteiger partial charge on any atom is 0.305 e. The third-order valence-electron chi connectivity index (χ3n) is 17.2. The number of hydrogen-bond donors (Lipinski definition) is 3. The smallest absolute Gasteiger partial charge is 0.305 e. The molecule has 6 nitrogen and oxygen atoms in total. The average molecular weight is 1130 g/mol. The second-order valence-corrected chi connectivity index (χ2v) is 25.3. The van der Waals surface area contributed by atoms with Gasteiger partial charge in [-0.25, -0.2) is 0 Å². The van der Waals surface area contributed by atoms with Gasteiger partial charge in [0.05, 0.1) is 25.4 Å². The van der Waals surface area contributed by atoms with Crippen LogP contribution in [-0.2, 0) is 14.3 Å². The molecule has 6 heteroatoms. The summed E-state index contributed by atoms with van der Waals surface area (Å²) in [6.45, 7) is 4.93. The zero-order chi connectivity index (χ0) is 57.8. The van der Waals surface area contributed by atoms with Gasteiger partial charge < -0.3 is 20.3 Å². The lowest BCUT2D eigenvalue weighted by Gasteiger charge is -2.20. The molecule has 0 radical (unpaired) electrons. The van der Waals surface area contributed by atoms with Crippen LogP contribution in [0.4, 0.5) is 0 Å². The number of carbonyl (C=O) groups excluding carboxylic acids is 2. The van der Waals surface area contributed by atoms with E-state index >= 15 is 0 Å². The van der Waals surface area contributed by atoms with Gasteiger partial charge in [-0.1, -0.05) is 366 Å². The summed E-state index contributed by atoms with van der Waals surface area (Å²) in [5.74, 6) is -0.0410. The van der Waals surface area contributed by atoms with Gasteiger partial charge in [0.2, 0.25) is 5.91 Å². The van der Waals surface area contributed by atoms with E-state index < -0.39 is 12.1 Å². The highest BCUT2D eigenvalue weighted by atomic mass is 16.5. The lowest BCUT2D eigenvalue weighted by molar-refractivity contribution is -0.143. The molecule has 80 heavy (non-hydrogen) atoms. The maximum atomic E-state index is 12.5. The maximum absolute atomic E-state index is 12.5. The van der Waals surface area contributed by atoms with E-state index in [2.05, 4.69) is 31.3 Å². The number of carbonyl (C=O) groups is 2. The van der Waals surface area contributed by atoms with Crippen molar-refractivity contribution in [2.45, 2.75) is 424 Å². The topological polar surface area (TPSA) is 95.9 Å². The van der Waals surface area contributed by atoms with Crippen LogP contribution >= 0.6 is 0 Å². The van der Waals surface area contributed by atoms with Gasteiger partial charge in [-0.2, -0.15) is 0 Å². The van der Waals surface area contributed by atoms with Crippen LogP contribution in [0.3, 0.4) is 0 Å². The van der Waals surface area contributed by atoms with E-state index in [1.807, 2.05) is 6.08 Å². The Kier molecular flexibility index (Phi) is 68.4. The first-order valence-electron chi connectivity index (χ1n) is 36.6. The molecule has 2 atom stereocenters. The summed E-state index contributed by atoms with van der Waals surface area (Å²) in [6, 6.07) is -0.623. The molecule has 0 rings (SSSR count). The van der Waals surface area contributed by atoms with Crippen molar-refractivity contribution >= 4 is 11.9 Å². The summed E-state index contributed by atoms with van der Waals surface area (Å²) in [4.78, 5) is 24.6. The van der Waals surface area contributed by atoms with E-state index in [4.69, 9.17) is 4.74 Å². The van der Waals surface area contributed by atoms with Gasteiger partial charge in [-0.15, -0.1) is 0 Å². The van der Waals surface area contributed by atoms with Crippen molar-refractivity contribution in [3.05, 3.63) is 24.3 Å². The summed E-state index contributed by atoms with van der Waals surface area (Å²) in [5.41, 5.74) is 0. The first-order chi connectivity index (χ1) is 39.5. The zero-order valence-electron chi connectivity index (χ0n) is 54.3. The van der Waals surface area contributed by atoms with Crippen molar-refractivity contribution in [2.24, 2.45) is 0 Å². The number of rotatable bonds is 69. The molecule has 0 bridgehead atoms. The van der Waals surface area contributed by atoms with Crippen molar-refractivity contribution < 1.29 is 24.5 Å². The number of aliphatic hydroxyl groups is 2. The molecule has 0 aliphatic rings. The van der Waals surface area contributed by atoms with Crippen LogP contribution < -0.4 is 5.32 Å². The summed E-state index contributed by atoms with van der Waals surface area (Å²) in [7, 11) is 0. The molecule has 2 unspecified atom stereocenters. The molecule has 474 valence electrons. The van der Waals surface area contributed by atoms with Crippen molar-refractivity contribution in [3.8, 4) is 0 Å². The molecule has 0 aromatic carbocycles. The summed E-state index contributed by atoms with van der Waals surface area (Å²) in [5, 5.41) is 23.1. The van der Waals surface area contributed by atoms with E-state index in [1.54, 1.807) is 6.08 Å². The predicted molar refractivity (Wildman–Crippen MR) is 352 cm³/mol. The Morgan fingerprint density at radius 3 is 0.887 bits per heavy atom. The molecular weight excluding hydrogens is 983 g/mol.